The van der Waals surface area contributed by atoms with Crippen molar-refractivity contribution in [1.82, 2.24) is 4.90 Å². The number of aliphatic imine (C=N–C) groups is 1. The van der Waals surface area contributed by atoms with Gasteiger partial charge in [-0.3, -0.25) is 9.69 Å². The third-order valence-corrected chi connectivity index (χ3v) is 7.48. The van der Waals surface area contributed by atoms with Gasteiger partial charge >= 0.3 is 0 Å². The van der Waals surface area contributed by atoms with Crippen LogP contribution >= 0.6 is 35.1 Å². The van der Waals surface area contributed by atoms with Crippen LogP contribution in [0.5, 0.6) is 0 Å². The number of thioether (sulfide) groups is 2. The second kappa shape index (κ2) is 8.86. The van der Waals surface area contributed by atoms with Crippen molar-refractivity contribution >= 4 is 57.6 Å². The van der Waals surface area contributed by atoms with Crippen molar-refractivity contribution in [2.24, 2.45) is 4.99 Å². The highest BCUT2D eigenvalue weighted by molar-refractivity contribution is 8.19. The van der Waals surface area contributed by atoms with Crippen molar-refractivity contribution in [1.29, 1.82) is 0 Å². The number of carbonyl (C=O) groups is 1. The molecule has 1 fully saturated rings. The lowest BCUT2D eigenvalue weighted by molar-refractivity contribution is -0.122. The summed E-state index contributed by atoms with van der Waals surface area (Å²) in [5.74, 6) is 0.0306. The van der Waals surface area contributed by atoms with Gasteiger partial charge in [-0.2, -0.15) is 0 Å². The molecule has 4 nitrogen and oxygen atoms in total. The van der Waals surface area contributed by atoms with E-state index in [4.69, 9.17) is 16.6 Å². The quantitative estimate of drug-likeness (QED) is 0.494. The van der Waals surface area contributed by atoms with E-state index >= 15 is 0 Å². The minimum atomic E-state index is 0.0306. The molecule has 2 aliphatic rings. The number of anilines is 1. The van der Waals surface area contributed by atoms with E-state index in [1.54, 1.807) is 16.7 Å². The summed E-state index contributed by atoms with van der Waals surface area (Å²) in [5, 5.41) is 2.28. The first-order valence-electron chi connectivity index (χ1n) is 9.75. The number of benzene rings is 2. The fourth-order valence-corrected chi connectivity index (χ4v) is 5.88. The molecule has 2 aromatic carbocycles. The van der Waals surface area contributed by atoms with Gasteiger partial charge in [0.25, 0.3) is 5.91 Å². The lowest BCUT2D eigenvalue weighted by atomic mass is 10.3. The molecule has 1 saturated heterocycles. The van der Waals surface area contributed by atoms with E-state index in [1.807, 2.05) is 36.4 Å². The highest BCUT2D eigenvalue weighted by Crippen LogP contribution is 2.50. The Morgan fingerprint density at radius 3 is 2.52 bits per heavy atom. The van der Waals surface area contributed by atoms with Gasteiger partial charge in [-0.05, 0) is 49.4 Å². The highest BCUT2D eigenvalue weighted by Gasteiger charge is 2.39. The average molecular weight is 444 g/mol. The van der Waals surface area contributed by atoms with Gasteiger partial charge < -0.3 is 4.90 Å². The van der Waals surface area contributed by atoms with E-state index in [0.717, 1.165) is 35.0 Å². The van der Waals surface area contributed by atoms with E-state index in [1.165, 1.54) is 16.7 Å². The van der Waals surface area contributed by atoms with E-state index in [2.05, 4.69) is 30.9 Å². The molecule has 7 heteroatoms. The number of amidine groups is 1. The van der Waals surface area contributed by atoms with Gasteiger partial charge in [-0.15, -0.1) is 0 Å². The van der Waals surface area contributed by atoms with Gasteiger partial charge in [0.1, 0.15) is 9.93 Å². The number of carbonyl (C=O) groups excluding carboxylic acids is 1. The predicted octanol–water partition coefficient (Wildman–Crippen LogP) is 6.50. The maximum Gasteiger partial charge on any atom is 0.269 e. The van der Waals surface area contributed by atoms with Crippen LogP contribution in [0.1, 0.15) is 26.7 Å². The fraction of sp³-hybridized carbons (Fsp3) is 0.273. The molecule has 2 aromatic rings. The molecule has 150 valence electrons. The zero-order chi connectivity index (χ0) is 20.4. The molecule has 0 aliphatic carbocycles. The number of unbranched alkanes of at least 4 members (excludes halogenated alkanes) is 1. The largest absolute Gasteiger partial charge is 0.334 e. The molecule has 0 unspecified atom stereocenters. The van der Waals surface area contributed by atoms with Crippen LogP contribution < -0.4 is 4.90 Å². The summed E-state index contributed by atoms with van der Waals surface area (Å²) in [6, 6.07) is 15.8. The van der Waals surface area contributed by atoms with Crippen LogP contribution in [0.15, 0.2) is 68.4 Å². The van der Waals surface area contributed by atoms with Gasteiger partial charge in [-0.25, -0.2) is 4.99 Å². The van der Waals surface area contributed by atoms with Gasteiger partial charge in [0.15, 0.2) is 5.17 Å². The molecule has 0 atom stereocenters. The molecule has 0 radical (unpaired) electrons. The van der Waals surface area contributed by atoms with E-state index < -0.39 is 0 Å². The summed E-state index contributed by atoms with van der Waals surface area (Å²) in [6.45, 7) is 5.70. The first kappa shape index (κ1) is 20.4. The number of nitrogens with zero attached hydrogens (tertiary/aromatic N) is 3. The second-order valence-corrected chi connectivity index (χ2v) is 9.12. The van der Waals surface area contributed by atoms with Gasteiger partial charge in [0.05, 0.1) is 16.4 Å². The van der Waals surface area contributed by atoms with Gasteiger partial charge in [0, 0.05) is 18.0 Å². The molecule has 1 amide bonds. The Morgan fingerprint density at radius 1 is 1.00 bits per heavy atom. The summed E-state index contributed by atoms with van der Waals surface area (Å²) < 4.78 is 0. The van der Waals surface area contributed by atoms with Crippen molar-refractivity contribution in [3.8, 4) is 0 Å². The normalized spacial score (nSPS) is 20.1. The Kier molecular flexibility index (Phi) is 6.23. The maximum atomic E-state index is 13.4. The van der Waals surface area contributed by atoms with E-state index in [0.29, 0.717) is 22.4 Å². The van der Waals surface area contributed by atoms with Crippen LogP contribution in [-0.4, -0.2) is 29.1 Å². The molecule has 0 saturated carbocycles. The van der Waals surface area contributed by atoms with E-state index in [-0.39, 0.29) is 5.91 Å². The van der Waals surface area contributed by atoms with Crippen molar-refractivity contribution < 1.29 is 4.79 Å². The minimum absolute atomic E-state index is 0.0306. The van der Waals surface area contributed by atoms with Crippen LogP contribution in [0.3, 0.4) is 0 Å². The zero-order valence-corrected chi connectivity index (χ0v) is 18.8. The molecule has 0 spiro atoms. The number of para-hydroxylation sites is 2. The Balaban J connectivity index is 1.75. The topological polar surface area (TPSA) is 35.9 Å². The van der Waals surface area contributed by atoms with Crippen LogP contribution in [-0.2, 0) is 4.79 Å². The maximum absolute atomic E-state index is 13.4. The average Bonchev–Trinajstić information content (AvgIpc) is 3.25. The minimum Gasteiger partial charge on any atom is -0.334 e. The van der Waals surface area contributed by atoms with Gasteiger partial charge in [0.2, 0.25) is 0 Å². The smallest absolute Gasteiger partial charge is 0.269 e. The summed E-state index contributed by atoms with van der Waals surface area (Å²) in [7, 11) is 0. The Bertz CT molecular complexity index is 1010. The van der Waals surface area contributed by atoms with Crippen LogP contribution in [0.4, 0.5) is 11.4 Å². The molecule has 4 rings (SSSR count). The van der Waals surface area contributed by atoms with Crippen LogP contribution in [0.2, 0.25) is 5.02 Å². The second-order valence-electron chi connectivity index (χ2n) is 6.71. The highest BCUT2D eigenvalue weighted by atomic mass is 35.5. The number of fused-ring (bicyclic) bond motifs is 1. The Hall–Kier alpha value is -1.89. The molecule has 2 heterocycles. The zero-order valence-electron chi connectivity index (χ0n) is 16.4. The first-order chi connectivity index (χ1) is 14.1. The van der Waals surface area contributed by atoms with Crippen molar-refractivity contribution in [2.75, 3.05) is 18.0 Å². The Morgan fingerprint density at radius 2 is 1.76 bits per heavy atom. The van der Waals surface area contributed by atoms with Crippen LogP contribution in [0, 0.1) is 0 Å². The molecule has 0 bridgehead atoms. The molecule has 0 aromatic heterocycles. The first-order valence-corrected chi connectivity index (χ1v) is 11.8. The van der Waals surface area contributed by atoms with Gasteiger partial charge in [-0.1, -0.05) is 61.0 Å². The molecule has 29 heavy (non-hydrogen) atoms. The third-order valence-electron chi connectivity index (χ3n) is 4.79. The van der Waals surface area contributed by atoms with Crippen LogP contribution in [0.25, 0.3) is 0 Å². The molecule has 2 aliphatic heterocycles. The SMILES string of the molecule is CCCCN1C(=O)C(=C2Sc3ccccc3N2CC)SC1=Nc1ccccc1Cl. The van der Waals surface area contributed by atoms with Crippen molar-refractivity contribution in [3.05, 3.63) is 63.5 Å². The number of rotatable bonds is 5. The molecular weight excluding hydrogens is 422 g/mol. The number of halogens is 1. The number of amides is 1. The van der Waals surface area contributed by atoms with Crippen molar-refractivity contribution in [2.45, 2.75) is 31.6 Å². The van der Waals surface area contributed by atoms with Crippen molar-refractivity contribution in [3.63, 3.8) is 0 Å². The molecular formula is C22H22ClN3OS2. The lowest BCUT2D eigenvalue weighted by Crippen LogP contribution is -2.30. The fourth-order valence-electron chi connectivity index (χ4n) is 3.29. The monoisotopic (exact) mass is 443 g/mol. The number of hydrogen-bond donors (Lipinski definition) is 0. The van der Waals surface area contributed by atoms with E-state index in [9.17, 15) is 4.79 Å². The predicted molar refractivity (Wildman–Crippen MR) is 125 cm³/mol. The molecule has 0 N–H and O–H groups in total. The lowest BCUT2D eigenvalue weighted by Gasteiger charge is -2.19. The summed E-state index contributed by atoms with van der Waals surface area (Å²) in [5.41, 5.74) is 1.85. The number of hydrogen-bond acceptors (Lipinski definition) is 5. The third kappa shape index (κ3) is 3.93. The Labute approximate surface area is 185 Å². The standard InChI is InChI=1S/C22H22ClN3OS2/c1-3-5-14-26-20(27)19(29-22(26)24-16-11-7-6-10-15(16)23)21-25(4-2)17-12-8-9-13-18(17)28-21/h6-13H,3-5,14H2,1-2H3. The summed E-state index contributed by atoms with van der Waals surface area (Å²) >= 11 is 9.43. The summed E-state index contributed by atoms with van der Waals surface area (Å²) in [6.07, 6.45) is 1.95. The summed E-state index contributed by atoms with van der Waals surface area (Å²) in [4.78, 5) is 24.1.